The Morgan fingerprint density at radius 3 is 2.25 bits per heavy atom. The fraction of sp³-hybridized carbons (Fsp3) is 0.381. The molecule has 1 saturated heterocycles. The highest BCUT2D eigenvalue weighted by molar-refractivity contribution is 5.77. The van der Waals surface area contributed by atoms with Crippen LogP contribution in [0.15, 0.2) is 60.7 Å². The number of amides is 1. The molecule has 0 unspecified atom stereocenters. The Balaban J connectivity index is 1.68. The number of benzene rings is 2. The number of carbonyl (C=O) groups is 1. The largest absolute Gasteiger partial charge is 0.354 e. The number of ether oxygens (including phenoxy) is 1. The Bertz CT molecular complexity index is 667. The lowest BCUT2D eigenvalue weighted by Gasteiger charge is -2.34. The highest BCUT2D eigenvalue weighted by atomic mass is 16.5. The van der Waals surface area contributed by atoms with Crippen LogP contribution in [0.1, 0.15) is 31.4 Å². The zero-order valence-electron chi connectivity index (χ0n) is 14.4. The Morgan fingerprint density at radius 2 is 1.62 bits per heavy atom. The molecule has 126 valence electrons. The normalized spacial score (nSPS) is 19.4. The Morgan fingerprint density at radius 1 is 1.04 bits per heavy atom. The molecular weight excluding hydrogens is 298 g/mol. The molecule has 0 spiro atoms. The molecule has 1 aliphatic rings. The summed E-state index contributed by atoms with van der Waals surface area (Å²) in [5.74, 6) is 0.169. The Hall–Kier alpha value is -2.13. The molecule has 1 amide bonds. The molecule has 24 heavy (non-hydrogen) atoms. The SMILES string of the molecule is CC1(C)OC[C@H](Cc2ccccc2)N1C(=O)CCc1ccccc1. The van der Waals surface area contributed by atoms with E-state index in [4.69, 9.17) is 4.74 Å². The first-order chi connectivity index (χ1) is 11.6. The van der Waals surface area contributed by atoms with Crippen LogP contribution in [-0.2, 0) is 22.4 Å². The van der Waals surface area contributed by atoms with Crippen molar-refractivity contribution in [2.24, 2.45) is 0 Å². The van der Waals surface area contributed by atoms with Crippen LogP contribution in [0, 0.1) is 0 Å². The minimum atomic E-state index is -0.535. The van der Waals surface area contributed by atoms with Gasteiger partial charge in [0.05, 0.1) is 12.6 Å². The summed E-state index contributed by atoms with van der Waals surface area (Å²) in [6.07, 6.45) is 2.12. The van der Waals surface area contributed by atoms with Gasteiger partial charge in [-0.15, -0.1) is 0 Å². The highest BCUT2D eigenvalue weighted by Gasteiger charge is 2.43. The molecule has 3 rings (SSSR count). The lowest BCUT2D eigenvalue weighted by atomic mass is 10.0. The summed E-state index contributed by atoms with van der Waals surface area (Å²) >= 11 is 0. The summed E-state index contributed by atoms with van der Waals surface area (Å²) in [5.41, 5.74) is 1.90. The summed E-state index contributed by atoms with van der Waals surface area (Å²) < 4.78 is 5.92. The lowest BCUT2D eigenvalue weighted by molar-refractivity contribution is -0.146. The fourth-order valence-corrected chi connectivity index (χ4v) is 3.44. The standard InChI is InChI=1S/C21H25NO2/c1-21(2)22(20(23)14-13-17-9-5-3-6-10-17)19(16-24-21)15-18-11-7-4-8-12-18/h3-12,19H,13-16H2,1-2H3/t19-/m0/s1. The Kier molecular flexibility index (Phi) is 5.00. The third-order valence-corrected chi connectivity index (χ3v) is 4.63. The zero-order chi connectivity index (χ0) is 17.0. The van der Waals surface area contributed by atoms with Crippen molar-refractivity contribution in [3.05, 3.63) is 71.8 Å². The van der Waals surface area contributed by atoms with Gasteiger partial charge >= 0.3 is 0 Å². The molecule has 3 heteroatoms. The van der Waals surface area contributed by atoms with Gasteiger partial charge in [-0.3, -0.25) is 4.79 Å². The van der Waals surface area contributed by atoms with Gasteiger partial charge in [0.25, 0.3) is 0 Å². The highest BCUT2D eigenvalue weighted by Crippen LogP contribution is 2.30. The molecule has 0 N–H and O–H groups in total. The number of nitrogens with zero attached hydrogens (tertiary/aromatic N) is 1. The second kappa shape index (κ2) is 7.18. The molecule has 1 aliphatic heterocycles. The summed E-state index contributed by atoms with van der Waals surface area (Å²) in [6, 6.07) is 20.6. The van der Waals surface area contributed by atoms with Gasteiger partial charge in [-0.2, -0.15) is 0 Å². The molecule has 2 aromatic carbocycles. The van der Waals surface area contributed by atoms with Gasteiger partial charge in [0.1, 0.15) is 5.72 Å². The van der Waals surface area contributed by atoms with Crippen molar-refractivity contribution in [3.63, 3.8) is 0 Å². The van der Waals surface area contributed by atoms with Crippen molar-refractivity contribution in [2.75, 3.05) is 6.61 Å². The van der Waals surface area contributed by atoms with Crippen molar-refractivity contribution in [3.8, 4) is 0 Å². The maximum atomic E-state index is 12.9. The van der Waals surface area contributed by atoms with Crippen molar-refractivity contribution in [1.29, 1.82) is 0 Å². The van der Waals surface area contributed by atoms with Crippen LogP contribution in [0.5, 0.6) is 0 Å². The molecule has 2 aromatic rings. The maximum absolute atomic E-state index is 12.9. The van der Waals surface area contributed by atoms with E-state index in [2.05, 4.69) is 24.3 Å². The minimum absolute atomic E-state index is 0.102. The number of aryl methyl sites for hydroxylation is 1. The number of hydrogen-bond donors (Lipinski definition) is 0. The van der Waals surface area contributed by atoms with Crippen LogP contribution in [0.4, 0.5) is 0 Å². The van der Waals surface area contributed by atoms with Crippen molar-refractivity contribution in [2.45, 2.75) is 44.9 Å². The van der Waals surface area contributed by atoms with Crippen molar-refractivity contribution >= 4 is 5.91 Å². The van der Waals surface area contributed by atoms with Crippen LogP contribution < -0.4 is 0 Å². The predicted octanol–water partition coefficient (Wildman–Crippen LogP) is 3.83. The number of carbonyl (C=O) groups excluding carboxylic acids is 1. The molecule has 0 aromatic heterocycles. The van der Waals surface area contributed by atoms with E-state index in [-0.39, 0.29) is 11.9 Å². The van der Waals surface area contributed by atoms with E-state index in [1.807, 2.05) is 55.1 Å². The van der Waals surface area contributed by atoms with Crippen LogP contribution in [0.25, 0.3) is 0 Å². The van der Waals surface area contributed by atoms with E-state index < -0.39 is 5.72 Å². The maximum Gasteiger partial charge on any atom is 0.225 e. The van der Waals surface area contributed by atoms with Gasteiger partial charge in [0, 0.05) is 6.42 Å². The molecule has 1 fully saturated rings. The fourth-order valence-electron chi connectivity index (χ4n) is 3.44. The van der Waals surface area contributed by atoms with Crippen LogP contribution in [0.3, 0.4) is 0 Å². The second-order valence-corrected chi connectivity index (χ2v) is 6.85. The van der Waals surface area contributed by atoms with E-state index in [0.29, 0.717) is 13.0 Å². The van der Waals surface area contributed by atoms with Gasteiger partial charge in [-0.05, 0) is 37.8 Å². The number of hydrogen-bond acceptors (Lipinski definition) is 2. The number of rotatable bonds is 5. The third kappa shape index (κ3) is 3.85. The van der Waals surface area contributed by atoms with E-state index in [9.17, 15) is 4.79 Å². The summed E-state index contributed by atoms with van der Waals surface area (Å²) in [6.45, 7) is 4.57. The summed E-state index contributed by atoms with van der Waals surface area (Å²) in [5, 5.41) is 0. The molecule has 0 aliphatic carbocycles. The topological polar surface area (TPSA) is 29.5 Å². The zero-order valence-corrected chi connectivity index (χ0v) is 14.4. The molecule has 0 bridgehead atoms. The predicted molar refractivity (Wildman–Crippen MR) is 95.6 cm³/mol. The van der Waals surface area contributed by atoms with Gasteiger partial charge in [-0.25, -0.2) is 0 Å². The van der Waals surface area contributed by atoms with E-state index >= 15 is 0 Å². The van der Waals surface area contributed by atoms with Crippen LogP contribution in [0.2, 0.25) is 0 Å². The van der Waals surface area contributed by atoms with Crippen molar-refractivity contribution in [1.82, 2.24) is 4.90 Å². The average Bonchev–Trinajstić information content (AvgIpc) is 2.89. The van der Waals surface area contributed by atoms with Gasteiger partial charge in [0.15, 0.2) is 0 Å². The molecule has 1 atom stereocenters. The van der Waals surface area contributed by atoms with Gasteiger partial charge in [-0.1, -0.05) is 60.7 Å². The molecule has 0 radical (unpaired) electrons. The third-order valence-electron chi connectivity index (χ3n) is 4.63. The van der Waals surface area contributed by atoms with Crippen LogP contribution >= 0.6 is 0 Å². The smallest absolute Gasteiger partial charge is 0.225 e. The van der Waals surface area contributed by atoms with Crippen LogP contribution in [-0.4, -0.2) is 29.2 Å². The van der Waals surface area contributed by atoms with E-state index in [1.165, 1.54) is 11.1 Å². The first kappa shape index (κ1) is 16.7. The van der Waals surface area contributed by atoms with Gasteiger partial charge in [0.2, 0.25) is 5.91 Å². The monoisotopic (exact) mass is 323 g/mol. The molecule has 0 saturated carbocycles. The average molecular weight is 323 g/mol. The lowest BCUT2D eigenvalue weighted by Crippen LogP contribution is -2.48. The van der Waals surface area contributed by atoms with E-state index in [0.717, 1.165) is 12.8 Å². The first-order valence-corrected chi connectivity index (χ1v) is 8.60. The first-order valence-electron chi connectivity index (χ1n) is 8.60. The van der Waals surface area contributed by atoms with Crippen molar-refractivity contribution < 1.29 is 9.53 Å². The quantitative estimate of drug-likeness (QED) is 0.837. The molecular formula is C21H25NO2. The summed E-state index contributed by atoms with van der Waals surface area (Å²) in [4.78, 5) is 14.8. The molecule has 3 nitrogen and oxygen atoms in total. The van der Waals surface area contributed by atoms with Gasteiger partial charge < -0.3 is 9.64 Å². The Labute approximate surface area is 144 Å². The minimum Gasteiger partial charge on any atom is -0.354 e. The molecule has 1 heterocycles. The summed E-state index contributed by atoms with van der Waals surface area (Å²) in [7, 11) is 0. The second-order valence-electron chi connectivity index (χ2n) is 6.85. The van der Waals surface area contributed by atoms with E-state index in [1.54, 1.807) is 0 Å².